The molecule has 0 saturated heterocycles. The van der Waals surface area contributed by atoms with Gasteiger partial charge in [-0.1, -0.05) is 60.1 Å². The zero-order chi connectivity index (χ0) is 20.6. The number of benzene rings is 3. The van der Waals surface area contributed by atoms with Crippen molar-refractivity contribution in [3.05, 3.63) is 107 Å². The molecule has 2 amide bonds. The van der Waals surface area contributed by atoms with Crippen LogP contribution >= 0.6 is 11.6 Å². The standard InChI is InChI=1S/C24H21ClN2O2/c1-17(19-6-3-2-4-7-19)26-24(29)20-8-5-9-22(16-20)27-23(28)15-12-18-10-13-21(25)14-11-18/h2-17H,1H3,(H,26,29)(H,27,28)/b15-12+. The van der Waals surface area contributed by atoms with Gasteiger partial charge in [0, 0.05) is 22.3 Å². The van der Waals surface area contributed by atoms with Crippen molar-refractivity contribution in [2.24, 2.45) is 0 Å². The minimum Gasteiger partial charge on any atom is -0.346 e. The fourth-order valence-corrected chi connectivity index (χ4v) is 2.90. The third kappa shape index (κ3) is 6.06. The molecular formula is C24H21ClN2O2. The van der Waals surface area contributed by atoms with Crippen LogP contribution in [-0.2, 0) is 4.79 Å². The molecule has 1 atom stereocenters. The van der Waals surface area contributed by atoms with Crippen LogP contribution in [0, 0.1) is 0 Å². The van der Waals surface area contributed by atoms with Crippen molar-refractivity contribution in [2.75, 3.05) is 5.32 Å². The molecule has 3 aromatic rings. The molecule has 1 unspecified atom stereocenters. The molecule has 0 fully saturated rings. The lowest BCUT2D eigenvalue weighted by Crippen LogP contribution is -2.26. The molecule has 0 radical (unpaired) electrons. The van der Waals surface area contributed by atoms with Gasteiger partial charge in [0.25, 0.3) is 5.91 Å². The van der Waals surface area contributed by atoms with Crippen LogP contribution in [0.5, 0.6) is 0 Å². The summed E-state index contributed by atoms with van der Waals surface area (Å²) in [6, 6.07) is 23.6. The first kappa shape index (κ1) is 20.4. The Hall–Kier alpha value is -3.37. The summed E-state index contributed by atoms with van der Waals surface area (Å²) in [4.78, 5) is 24.7. The molecule has 0 aliphatic carbocycles. The van der Waals surface area contributed by atoms with E-state index in [0.717, 1.165) is 11.1 Å². The maximum absolute atomic E-state index is 12.6. The van der Waals surface area contributed by atoms with E-state index in [2.05, 4.69) is 10.6 Å². The van der Waals surface area contributed by atoms with Crippen LogP contribution in [0.2, 0.25) is 5.02 Å². The normalized spacial score (nSPS) is 11.8. The van der Waals surface area contributed by atoms with Crippen LogP contribution in [0.25, 0.3) is 6.08 Å². The highest BCUT2D eigenvalue weighted by Crippen LogP contribution is 2.15. The zero-order valence-electron chi connectivity index (χ0n) is 15.9. The van der Waals surface area contributed by atoms with E-state index in [1.807, 2.05) is 49.4 Å². The maximum Gasteiger partial charge on any atom is 0.251 e. The third-order valence-electron chi connectivity index (χ3n) is 4.34. The second-order valence-corrected chi connectivity index (χ2v) is 7.00. The Bertz CT molecular complexity index is 1010. The quantitative estimate of drug-likeness (QED) is 0.534. The largest absolute Gasteiger partial charge is 0.346 e. The smallest absolute Gasteiger partial charge is 0.251 e. The van der Waals surface area contributed by atoms with Crippen molar-refractivity contribution in [1.82, 2.24) is 5.32 Å². The van der Waals surface area contributed by atoms with E-state index in [-0.39, 0.29) is 17.9 Å². The summed E-state index contributed by atoms with van der Waals surface area (Å²) >= 11 is 5.85. The molecule has 5 heteroatoms. The summed E-state index contributed by atoms with van der Waals surface area (Å²) in [7, 11) is 0. The number of anilines is 1. The lowest BCUT2D eigenvalue weighted by molar-refractivity contribution is -0.111. The molecule has 2 N–H and O–H groups in total. The highest BCUT2D eigenvalue weighted by Gasteiger charge is 2.12. The first-order valence-corrected chi connectivity index (χ1v) is 9.59. The monoisotopic (exact) mass is 404 g/mol. The van der Waals surface area contributed by atoms with Crippen molar-refractivity contribution < 1.29 is 9.59 Å². The van der Waals surface area contributed by atoms with E-state index in [9.17, 15) is 9.59 Å². The number of halogens is 1. The fraction of sp³-hybridized carbons (Fsp3) is 0.0833. The molecule has 3 aromatic carbocycles. The van der Waals surface area contributed by atoms with Gasteiger partial charge in [-0.2, -0.15) is 0 Å². The van der Waals surface area contributed by atoms with E-state index in [1.165, 1.54) is 6.08 Å². The van der Waals surface area contributed by atoms with Crippen LogP contribution in [0.4, 0.5) is 5.69 Å². The van der Waals surface area contributed by atoms with E-state index in [0.29, 0.717) is 16.3 Å². The summed E-state index contributed by atoms with van der Waals surface area (Å²) in [5.41, 5.74) is 2.92. The Morgan fingerprint density at radius 2 is 1.66 bits per heavy atom. The number of hydrogen-bond donors (Lipinski definition) is 2. The Balaban J connectivity index is 1.62. The Kier molecular flexibility index (Phi) is 6.82. The van der Waals surface area contributed by atoms with Gasteiger partial charge >= 0.3 is 0 Å². The van der Waals surface area contributed by atoms with Gasteiger partial charge in [0.05, 0.1) is 6.04 Å². The van der Waals surface area contributed by atoms with Crippen LogP contribution in [0.1, 0.15) is 34.5 Å². The summed E-state index contributed by atoms with van der Waals surface area (Å²) < 4.78 is 0. The Morgan fingerprint density at radius 3 is 2.38 bits per heavy atom. The van der Waals surface area contributed by atoms with Crippen molar-refractivity contribution in [3.63, 3.8) is 0 Å². The van der Waals surface area contributed by atoms with Crippen molar-refractivity contribution in [1.29, 1.82) is 0 Å². The molecule has 29 heavy (non-hydrogen) atoms. The lowest BCUT2D eigenvalue weighted by Gasteiger charge is -2.14. The Morgan fingerprint density at radius 1 is 0.931 bits per heavy atom. The van der Waals surface area contributed by atoms with Crippen LogP contribution < -0.4 is 10.6 Å². The second kappa shape index (κ2) is 9.71. The van der Waals surface area contributed by atoms with Gasteiger partial charge < -0.3 is 10.6 Å². The van der Waals surface area contributed by atoms with Gasteiger partial charge in [0.1, 0.15) is 0 Å². The fourth-order valence-electron chi connectivity index (χ4n) is 2.77. The predicted octanol–water partition coefficient (Wildman–Crippen LogP) is 5.48. The predicted molar refractivity (Wildman–Crippen MR) is 118 cm³/mol. The average Bonchev–Trinajstić information content (AvgIpc) is 2.74. The molecule has 0 aliphatic heterocycles. The molecule has 0 bridgehead atoms. The van der Waals surface area contributed by atoms with E-state index in [4.69, 9.17) is 11.6 Å². The summed E-state index contributed by atoms with van der Waals surface area (Å²) in [6.07, 6.45) is 3.14. The number of carbonyl (C=O) groups excluding carboxylic acids is 2. The van der Waals surface area contributed by atoms with Crippen molar-refractivity contribution >= 4 is 35.2 Å². The minimum atomic E-state index is -0.282. The number of amides is 2. The highest BCUT2D eigenvalue weighted by atomic mass is 35.5. The van der Waals surface area contributed by atoms with Gasteiger partial charge in [-0.25, -0.2) is 0 Å². The van der Waals surface area contributed by atoms with Crippen molar-refractivity contribution in [3.8, 4) is 0 Å². The third-order valence-corrected chi connectivity index (χ3v) is 4.59. The minimum absolute atomic E-state index is 0.121. The summed E-state index contributed by atoms with van der Waals surface area (Å²) in [5.74, 6) is -0.482. The first-order chi connectivity index (χ1) is 14.0. The molecule has 146 valence electrons. The highest BCUT2D eigenvalue weighted by molar-refractivity contribution is 6.30. The van der Waals surface area contributed by atoms with Gasteiger partial charge in [0.2, 0.25) is 5.91 Å². The Labute approximate surface area is 175 Å². The number of nitrogens with one attached hydrogen (secondary N) is 2. The second-order valence-electron chi connectivity index (χ2n) is 6.56. The summed E-state index contributed by atoms with van der Waals surface area (Å²) in [6.45, 7) is 1.93. The van der Waals surface area contributed by atoms with Gasteiger partial charge in [0.15, 0.2) is 0 Å². The maximum atomic E-state index is 12.6. The van der Waals surface area contributed by atoms with Gasteiger partial charge in [-0.3, -0.25) is 9.59 Å². The molecule has 0 spiro atoms. The SMILES string of the molecule is CC(NC(=O)c1cccc(NC(=O)/C=C/c2ccc(Cl)cc2)c1)c1ccccc1. The number of hydrogen-bond acceptors (Lipinski definition) is 2. The summed E-state index contributed by atoms with van der Waals surface area (Å²) in [5, 5.41) is 6.38. The first-order valence-electron chi connectivity index (χ1n) is 9.22. The molecule has 4 nitrogen and oxygen atoms in total. The average molecular weight is 405 g/mol. The molecule has 0 saturated carbocycles. The number of carbonyl (C=O) groups is 2. The van der Waals surface area contributed by atoms with E-state index >= 15 is 0 Å². The van der Waals surface area contributed by atoms with Crippen LogP contribution in [0.15, 0.2) is 84.9 Å². The van der Waals surface area contributed by atoms with Crippen LogP contribution in [-0.4, -0.2) is 11.8 Å². The van der Waals surface area contributed by atoms with E-state index in [1.54, 1.807) is 42.5 Å². The molecular weight excluding hydrogens is 384 g/mol. The van der Waals surface area contributed by atoms with Crippen LogP contribution in [0.3, 0.4) is 0 Å². The topological polar surface area (TPSA) is 58.2 Å². The lowest BCUT2D eigenvalue weighted by atomic mass is 10.1. The van der Waals surface area contributed by atoms with Gasteiger partial charge in [-0.15, -0.1) is 0 Å². The zero-order valence-corrected chi connectivity index (χ0v) is 16.7. The van der Waals surface area contributed by atoms with Crippen molar-refractivity contribution in [2.45, 2.75) is 13.0 Å². The number of rotatable bonds is 6. The molecule has 0 aliphatic rings. The molecule has 0 heterocycles. The molecule has 0 aromatic heterocycles. The van der Waals surface area contributed by atoms with Gasteiger partial charge in [-0.05, 0) is 54.5 Å². The molecule has 3 rings (SSSR count). The van der Waals surface area contributed by atoms with E-state index < -0.39 is 0 Å².